The molecule has 0 bridgehead atoms. The number of aliphatic hydroxyl groups is 1. The third-order valence-electron chi connectivity index (χ3n) is 5.92. The number of nitrogen functional groups attached to an aromatic ring is 1. The fourth-order valence-corrected chi connectivity index (χ4v) is 4.76. The highest BCUT2D eigenvalue weighted by molar-refractivity contribution is 8.45. The van der Waals surface area contributed by atoms with Crippen molar-refractivity contribution >= 4 is 33.0 Å². The van der Waals surface area contributed by atoms with Crippen LogP contribution in [-0.4, -0.2) is 44.0 Å². The van der Waals surface area contributed by atoms with Crippen molar-refractivity contribution in [2.45, 2.75) is 43.1 Å². The van der Waals surface area contributed by atoms with Crippen molar-refractivity contribution in [3.05, 3.63) is 47.4 Å². The second-order valence-corrected chi connectivity index (χ2v) is 11.4. The Morgan fingerprint density at radius 2 is 1.82 bits per heavy atom. The van der Waals surface area contributed by atoms with Crippen molar-refractivity contribution in [1.82, 2.24) is 19.9 Å². The van der Waals surface area contributed by atoms with Gasteiger partial charge in [-0.1, -0.05) is 19.4 Å². The molecule has 0 aliphatic carbocycles. The predicted octanol–water partition coefficient (Wildman–Crippen LogP) is 5.44. The van der Waals surface area contributed by atoms with Gasteiger partial charge in [0, 0.05) is 25.0 Å². The van der Waals surface area contributed by atoms with Gasteiger partial charge in [-0.15, -0.1) is 0 Å². The lowest BCUT2D eigenvalue weighted by Crippen LogP contribution is -2.38. The van der Waals surface area contributed by atoms with Crippen LogP contribution in [0.25, 0.3) is 11.2 Å². The lowest BCUT2D eigenvalue weighted by molar-refractivity contribution is 0.0696. The number of fused-ring (bicyclic) bond motifs is 1. The molecule has 186 valence electrons. The summed E-state index contributed by atoms with van der Waals surface area (Å²) in [6.45, 7) is 3.78. The van der Waals surface area contributed by atoms with E-state index < -0.39 is 32.3 Å². The molecular formula is C21H24F5N5O2S. The molecule has 4 N–H and O–H groups in total. The molecule has 0 atom stereocenters. The Balaban J connectivity index is 1.52. The summed E-state index contributed by atoms with van der Waals surface area (Å²) in [5.74, 6) is -0.213. The summed E-state index contributed by atoms with van der Waals surface area (Å²) in [5, 5.41) is 10.2. The van der Waals surface area contributed by atoms with Crippen molar-refractivity contribution in [3.8, 4) is 0 Å². The van der Waals surface area contributed by atoms with Crippen LogP contribution in [0.1, 0.15) is 54.4 Å². The summed E-state index contributed by atoms with van der Waals surface area (Å²) in [4.78, 5) is 23.9. The first-order valence-corrected chi connectivity index (χ1v) is 12.4. The van der Waals surface area contributed by atoms with Crippen LogP contribution in [0, 0.1) is 0 Å². The van der Waals surface area contributed by atoms with Gasteiger partial charge in [0.25, 0.3) is 5.91 Å². The number of amides is 1. The van der Waals surface area contributed by atoms with Crippen LogP contribution < -0.4 is 5.73 Å². The van der Waals surface area contributed by atoms with Crippen LogP contribution in [0.5, 0.6) is 0 Å². The van der Waals surface area contributed by atoms with E-state index in [4.69, 9.17) is 5.73 Å². The number of aromatic amines is 1. The van der Waals surface area contributed by atoms with Crippen LogP contribution in [0.15, 0.2) is 35.4 Å². The van der Waals surface area contributed by atoms with Crippen LogP contribution in [0.4, 0.5) is 25.1 Å². The average Bonchev–Trinajstić information content (AvgIpc) is 3.17. The third kappa shape index (κ3) is 4.67. The van der Waals surface area contributed by atoms with Gasteiger partial charge in [-0.2, -0.15) is 0 Å². The maximum atomic E-state index is 13.0. The first kappa shape index (κ1) is 24.2. The molecule has 1 aromatic carbocycles. The Kier molecular flexibility index (Phi) is 5.01. The summed E-state index contributed by atoms with van der Waals surface area (Å²) in [5.41, 5.74) is 5.54. The summed E-state index contributed by atoms with van der Waals surface area (Å²) < 4.78 is 65.1. The van der Waals surface area contributed by atoms with Crippen LogP contribution in [0.3, 0.4) is 0 Å². The molecule has 1 aliphatic heterocycles. The minimum Gasteiger partial charge on any atom is -0.398 e. The summed E-state index contributed by atoms with van der Waals surface area (Å²) in [7, 11) is -9.89. The Bertz CT molecular complexity index is 1280. The molecule has 1 fully saturated rings. The minimum atomic E-state index is -9.89. The topological polar surface area (TPSA) is 108 Å². The second kappa shape index (κ2) is 7.04. The number of carbonyl (C=O) groups excluding carboxylic acids is 1. The molecule has 1 amide bonds. The number of pyridine rings is 1. The van der Waals surface area contributed by atoms with E-state index in [1.165, 1.54) is 4.90 Å². The summed E-state index contributed by atoms with van der Waals surface area (Å²) in [6, 6.07) is 2.85. The smallest absolute Gasteiger partial charge is 0.310 e. The number of aromatic nitrogens is 3. The largest absolute Gasteiger partial charge is 0.398 e. The molecular weight excluding hydrogens is 481 g/mol. The summed E-state index contributed by atoms with van der Waals surface area (Å²) in [6.07, 6.45) is 2.71. The number of piperidine rings is 1. The van der Waals surface area contributed by atoms with Crippen molar-refractivity contribution < 1.29 is 29.3 Å². The van der Waals surface area contributed by atoms with Crippen molar-refractivity contribution in [2.24, 2.45) is 0 Å². The molecule has 7 nitrogen and oxygen atoms in total. The number of benzene rings is 1. The van der Waals surface area contributed by atoms with Gasteiger partial charge in [0.05, 0.1) is 5.56 Å². The predicted molar refractivity (Wildman–Crippen MR) is 119 cm³/mol. The van der Waals surface area contributed by atoms with Crippen LogP contribution >= 0.6 is 10.2 Å². The first-order valence-electron chi connectivity index (χ1n) is 10.4. The molecule has 1 aliphatic rings. The zero-order valence-corrected chi connectivity index (χ0v) is 19.2. The number of nitrogens with zero attached hydrogens (tertiary/aromatic N) is 3. The Labute approximate surface area is 191 Å². The third-order valence-corrected chi connectivity index (χ3v) is 7.06. The number of nitrogens with one attached hydrogen (secondary N) is 1. The lowest BCUT2D eigenvalue weighted by atomic mass is 9.89. The molecule has 3 aromatic rings. The lowest BCUT2D eigenvalue weighted by Gasteiger charge is -2.40. The van der Waals surface area contributed by atoms with Gasteiger partial charge in [0.1, 0.15) is 21.8 Å². The van der Waals surface area contributed by atoms with Crippen molar-refractivity contribution in [2.75, 3.05) is 18.8 Å². The first-order chi connectivity index (χ1) is 15.4. The average molecular weight is 506 g/mol. The van der Waals surface area contributed by atoms with E-state index in [9.17, 15) is 29.3 Å². The molecule has 0 saturated carbocycles. The fourth-order valence-electron chi connectivity index (χ4n) is 4.09. The molecule has 0 unspecified atom stereocenters. The van der Waals surface area contributed by atoms with Gasteiger partial charge in [0.2, 0.25) is 0 Å². The summed E-state index contributed by atoms with van der Waals surface area (Å²) >= 11 is 0. The molecule has 0 radical (unpaired) electrons. The normalized spacial score (nSPS) is 18.1. The zero-order valence-electron chi connectivity index (χ0n) is 18.4. The SMILES string of the molecule is CC(C)(O)c1nc2c(C3CCN(C(=O)c4ccc(S(F)(F)(F)(F)F)cc4N)CC3)ccnc2[nH]1. The molecule has 3 heterocycles. The number of anilines is 1. The number of hydrogen-bond acceptors (Lipinski definition) is 5. The van der Waals surface area contributed by atoms with Crippen molar-refractivity contribution in [1.29, 1.82) is 0 Å². The van der Waals surface area contributed by atoms with Crippen LogP contribution in [0.2, 0.25) is 0 Å². The van der Waals surface area contributed by atoms with Gasteiger partial charge in [-0.3, -0.25) is 4.79 Å². The number of H-pyrrole nitrogens is 1. The highest BCUT2D eigenvalue weighted by Gasteiger charge is 2.65. The van der Waals surface area contributed by atoms with E-state index in [0.717, 1.165) is 5.56 Å². The van der Waals surface area contributed by atoms with Crippen LogP contribution in [-0.2, 0) is 5.60 Å². The van der Waals surface area contributed by atoms with E-state index in [0.29, 0.717) is 49.0 Å². The standard InChI is InChI=1S/C21H24F5N5O2S/c1-21(2,33)20-29-17-14(5-8-28-18(17)30-20)12-6-9-31(10-7-12)19(32)15-4-3-13(11-16(15)27)34(22,23,24,25)26/h3-5,8,11-12,33H,6-7,9-10,27H2,1-2H3,(H,28,29,30). The molecule has 1 saturated heterocycles. The van der Waals surface area contributed by atoms with E-state index in [1.807, 2.05) is 6.07 Å². The number of hydrogen-bond donors (Lipinski definition) is 3. The molecule has 2 aromatic heterocycles. The fraction of sp³-hybridized carbons (Fsp3) is 0.381. The Morgan fingerprint density at radius 3 is 2.38 bits per heavy atom. The molecule has 13 heteroatoms. The Hall–Kier alpha value is -2.93. The molecule has 0 spiro atoms. The van der Waals surface area contributed by atoms with E-state index in [1.54, 1.807) is 20.0 Å². The van der Waals surface area contributed by atoms with E-state index in [-0.39, 0.29) is 23.6 Å². The number of halogens is 5. The van der Waals surface area contributed by atoms with Crippen molar-refractivity contribution in [3.63, 3.8) is 0 Å². The number of likely N-dealkylation sites (tertiary alicyclic amines) is 1. The number of rotatable bonds is 4. The van der Waals surface area contributed by atoms with E-state index >= 15 is 0 Å². The van der Waals surface area contributed by atoms with Gasteiger partial charge >= 0.3 is 10.2 Å². The zero-order chi connectivity index (χ0) is 25.2. The van der Waals surface area contributed by atoms with Gasteiger partial charge in [0.15, 0.2) is 5.65 Å². The maximum absolute atomic E-state index is 13.0. The van der Waals surface area contributed by atoms with Gasteiger partial charge in [-0.25, -0.2) is 9.97 Å². The maximum Gasteiger partial charge on any atom is 0.310 e. The Morgan fingerprint density at radius 1 is 1.18 bits per heavy atom. The van der Waals surface area contributed by atoms with E-state index in [2.05, 4.69) is 15.0 Å². The monoisotopic (exact) mass is 505 g/mol. The van der Waals surface area contributed by atoms with Gasteiger partial charge in [-0.05, 0) is 62.4 Å². The quantitative estimate of drug-likeness (QED) is 0.323. The minimum absolute atomic E-state index is 0.0281. The number of nitrogens with two attached hydrogens (primary N) is 1. The number of carbonyl (C=O) groups is 1. The number of imidazole rings is 1. The highest BCUT2D eigenvalue weighted by atomic mass is 32.5. The molecule has 4 rings (SSSR count). The molecule has 34 heavy (non-hydrogen) atoms. The van der Waals surface area contributed by atoms with Gasteiger partial charge < -0.3 is 20.7 Å². The highest BCUT2D eigenvalue weighted by Crippen LogP contribution is 3.02. The second-order valence-electron chi connectivity index (χ2n) is 9.03.